The van der Waals surface area contributed by atoms with Crippen molar-refractivity contribution in [1.82, 2.24) is 10.6 Å². The molecule has 0 bridgehead atoms. The number of anilines is 2. The summed E-state index contributed by atoms with van der Waals surface area (Å²) in [5.41, 5.74) is 3.78. The molecule has 0 atom stereocenters. The van der Waals surface area contributed by atoms with Gasteiger partial charge in [-0.3, -0.25) is 9.59 Å². The van der Waals surface area contributed by atoms with E-state index < -0.39 is 0 Å². The Hall–Kier alpha value is -3.61. The molecule has 146 valence electrons. The van der Waals surface area contributed by atoms with E-state index in [1.54, 1.807) is 42.5 Å². The molecule has 2 aromatic rings. The second-order valence-electron chi connectivity index (χ2n) is 6.23. The minimum Gasteiger partial charge on any atom is -0.343 e. The van der Waals surface area contributed by atoms with Crippen molar-refractivity contribution in [3.8, 4) is 0 Å². The van der Waals surface area contributed by atoms with Crippen LogP contribution in [-0.4, -0.2) is 30.9 Å². The molecule has 4 amide bonds. The molecule has 0 fully saturated rings. The molecule has 0 aliphatic heterocycles. The van der Waals surface area contributed by atoms with Crippen molar-refractivity contribution in [2.24, 2.45) is 0 Å². The molecule has 0 heterocycles. The number of amides is 4. The molecule has 0 radical (unpaired) electrons. The molecule has 0 saturated carbocycles. The average molecular weight is 380 g/mol. The van der Waals surface area contributed by atoms with Crippen molar-refractivity contribution < 1.29 is 14.4 Å². The van der Waals surface area contributed by atoms with Gasteiger partial charge >= 0.3 is 6.03 Å². The van der Waals surface area contributed by atoms with E-state index in [2.05, 4.69) is 27.8 Å². The number of carbonyl (C=O) groups is 3. The maximum Gasteiger partial charge on any atom is 0.319 e. The summed E-state index contributed by atoms with van der Waals surface area (Å²) in [6.07, 6.45) is 1.58. The fourth-order valence-corrected chi connectivity index (χ4v) is 2.33. The van der Waals surface area contributed by atoms with Gasteiger partial charge in [0.05, 0.1) is 6.54 Å². The third-order valence-corrected chi connectivity index (χ3v) is 4.01. The van der Waals surface area contributed by atoms with Gasteiger partial charge in [0.2, 0.25) is 5.91 Å². The van der Waals surface area contributed by atoms with Crippen LogP contribution in [0.25, 0.3) is 0 Å². The van der Waals surface area contributed by atoms with Crippen LogP contribution >= 0.6 is 0 Å². The molecule has 7 nitrogen and oxygen atoms in total. The molecule has 0 spiro atoms. The smallest absolute Gasteiger partial charge is 0.319 e. The second-order valence-corrected chi connectivity index (χ2v) is 6.23. The van der Waals surface area contributed by atoms with Gasteiger partial charge in [0.25, 0.3) is 5.91 Å². The Morgan fingerprint density at radius 3 is 2.14 bits per heavy atom. The first-order valence-corrected chi connectivity index (χ1v) is 8.80. The van der Waals surface area contributed by atoms with Gasteiger partial charge in [0.15, 0.2) is 0 Å². The summed E-state index contributed by atoms with van der Waals surface area (Å²) in [7, 11) is 0. The molecule has 4 N–H and O–H groups in total. The zero-order chi connectivity index (χ0) is 20.5. The minimum atomic E-state index is -0.346. The highest BCUT2D eigenvalue weighted by Crippen LogP contribution is 2.13. The summed E-state index contributed by atoms with van der Waals surface area (Å²) in [6, 6.07) is 11.7. The normalized spacial score (nSPS) is 9.93. The Balaban J connectivity index is 1.82. The fourth-order valence-electron chi connectivity index (χ4n) is 2.33. The van der Waals surface area contributed by atoms with Crippen molar-refractivity contribution in [3.05, 3.63) is 71.8 Å². The molecule has 28 heavy (non-hydrogen) atoms. The molecular weight excluding hydrogens is 356 g/mol. The van der Waals surface area contributed by atoms with Gasteiger partial charge in [-0.25, -0.2) is 4.79 Å². The van der Waals surface area contributed by atoms with E-state index in [4.69, 9.17) is 0 Å². The number of carbonyl (C=O) groups excluding carboxylic acids is 3. The van der Waals surface area contributed by atoms with Crippen LogP contribution in [0.1, 0.15) is 21.5 Å². The summed E-state index contributed by atoms with van der Waals surface area (Å²) < 4.78 is 0. The van der Waals surface area contributed by atoms with E-state index in [-0.39, 0.29) is 24.4 Å². The van der Waals surface area contributed by atoms with Crippen LogP contribution < -0.4 is 21.3 Å². The van der Waals surface area contributed by atoms with Crippen molar-refractivity contribution in [1.29, 1.82) is 0 Å². The molecule has 0 aliphatic rings. The second kappa shape index (κ2) is 9.91. The number of aryl methyl sites for hydroxylation is 2. The van der Waals surface area contributed by atoms with Gasteiger partial charge in [0.1, 0.15) is 0 Å². The number of nitrogens with one attached hydrogen (secondary N) is 4. The van der Waals surface area contributed by atoms with Crippen molar-refractivity contribution in [3.63, 3.8) is 0 Å². The van der Waals surface area contributed by atoms with Crippen LogP contribution in [0.3, 0.4) is 0 Å². The van der Waals surface area contributed by atoms with Gasteiger partial charge in [-0.15, -0.1) is 6.58 Å². The maximum absolute atomic E-state index is 12.1. The molecule has 0 saturated heterocycles. The standard InChI is InChI=1S/C21H24N4O3/c1-4-11-22-21(28)25-18-9-7-17(8-10-18)24-19(26)13-23-20(27)16-6-5-14(2)15(3)12-16/h4-10,12H,1,11,13H2,2-3H3,(H,23,27)(H,24,26)(H2,22,25,28). The lowest BCUT2D eigenvalue weighted by molar-refractivity contribution is -0.115. The van der Waals surface area contributed by atoms with Crippen molar-refractivity contribution in [2.75, 3.05) is 23.7 Å². The number of urea groups is 1. The molecule has 0 unspecified atom stereocenters. The SMILES string of the molecule is C=CCNC(=O)Nc1ccc(NC(=O)CNC(=O)c2ccc(C)c(C)c2)cc1. The topological polar surface area (TPSA) is 99.3 Å². The van der Waals surface area contributed by atoms with Crippen molar-refractivity contribution >= 4 is 29.2 Å². The minimum absolute atomic E-state index is 0.143. The van der Waals surface area contributed by atoms with E-state index in [0.717, 1.165) is 11.1 Å². The lowest BCUT2D eigenvalue weighted by Gasteiger charge is -2.09. The molecule has 2 aromatic carbocycles. The Morgan fingerprint density at radius 2 is 1.54 bits per heavy atom. The maximum atomic E-state index is 12.1. The fraction of sp³-hybridized carbons (Fsp3) is 0.190. The summed E-state index contributed by atoms with van der Waals surface area (Å²) in [4.78, 5) is 35.7. The van der Waals surface area contributed by atoms with Gasteiger partial charge in [-0.05, 0) is 61.4 Å². The van der Waals surface area contributed by atoms with Crippen LogP contribution in [0, 0.1) is 13.8 Å². The first-order chi connectivity index (χ1) is 13.4. The van der Waals surface area contributed by atoms with E-state index in [1.165, 1.54) is 0 Å². The van der Waals surface area contributed by atoms with Crippen LogP contribution in [-0.2, 0) is 4.79 Å². The summed E-state index contributed by atoms with van der Waals surface area (Å²) in [5, 5.41) is 10.5. The predicted octanol–water partition coefficient (Wildman–Crippen LogP) is 2.98. The number of benzene rings is 2. The molecule has 7 heteroatoms. The Morgan fingerprint density at radius 1 is 0.893 bits per heavy atom. The molecule has 0 aliphatic carbocycles. The Labute approximate surface area is 164 Å². The highest BCUT2D eigenvalue weighted by atomic mass is 16.2. The third-order valence-electron chi connectivity index (χ3n) is 4.01. The number of hydrogen-bond acceptors (Lipinski definition) is 3. The molecule has 0 aromatic heterocycles. The monoisotopic (exact) mass is 380 g/mol. The number of rotatable bonds is 7. The number of hydrogen-bond donors (Lipinski definition) is 4. The summed E-state index contributed by atoms with van der Waals surface area (Å²) >= 11 is 0. The zero-order valence-electron chi connectivity index (χ0n) is 16.0. The van der Waals surface area contributed by atoms with Gasteiger partial charge in [-0.1, -0.05) is 12.1 Å². The van der Waals surface area contributed by atoms with Crippen LogP contribution in [0.4, 0.5) is 16.2 Å². The van der Waals surface area contributed by atoms with Gasteiger partial charge in [-0.2, -0.15) is 0 Å². The van der Waals surface area contributed by atoms with Gasteiger partial charge in [0, 0.05) is 23.5 Å². The van der Waals surface area contributed by atoms with Crippen LogP contribution in [0.2, 0.25) is 0 Å². The first kappa shape index (κ1) is 20.7. The quantitative estimate of drug-likeness (QED) is 0.556. The van der Waals surface area contributed by atoms with E-state index in [9.17, 15) is 14.4 Å². The lowest BCUT2D eigenvalue weighted by Crippen LogP contribution is -2.32. The Kier molecular flexibility index (Phi) is 7.33. The van der Waals surface area contributed by atoms with Crippen LogP contribution in [0.5, 0.6) is 0 Å². The molecule has 2 rings (SSSR count). The lowest BCUT2D eigenvalue weighted by atomic mass is 10.1. The summed E-state index contributed by atoms with van der Waals surface area (Å²) in [6.45, 7) is 7.65. The summed E-state index contributed by atoms with van der Waals surface area (Å²) in [5.74, 6) is -0.648. The van der Waals surface area contributed by atoms with Crippen molar-refractivity contribution in [2.45, 2.75) is 13.8 Å². The van der Waals surface area contributed by atoms with E-state index in [1.807, 2.05) is 19.9 Å². The van der Waals surface area contributed by atoms with E-state index in [0.29, 0.717) is 23.5 Å². The largest absolute Gasteiger partial charge is 0.343 e. The predicted molar refractivity (Wildman–Crippen MR) is 111 cm³/mol. The highest BCUT2D eigenvalue weighted by Gasteiger charge is 2.09. The van der Waals surface area contributed by atoms with E-state index >= 15 is 0 Å². The zero-order valence-corrected chi connectivity index (χ0v) is 16.0. The highest BCUT2D eigenvalue weighted by molar-refractivity contribution is 5.99. The van der Waals surface area contributed by atoms with Crippen LogP contribution in [0.15, 0.2) is 55.1 Å². The average Bonchev–Trinajstić information content (AvgIpc) is 2.68. The third kappa shape index (κ3) is 6.28. The Bertz CT molecular complexity index is 876. The molecular formula is C21H24N4O3. The van der Waals surface area contributed by atoms with Gasteiger partial charge < -0.3 is 21.3 Å². The first-order valence-electron chi connectivity index (χ1n) is 8.80.